The Bertz CT molecular complexity index is 442. The summed E-state index contributed by atoms with van der Waals surface area (Å²) in [6, 6.07) is -0.179. The van der Waals surface area contributed by atoms with Gasteiger partial charge in [-0.15, -0.1) is 12.4 Å². The number of nitrogens with zero attached hydrogens (tertiary/aromatic N) is 2. The molecule has 2 heterocycles. The first-order chi connectivity index (χ1) is 9.00. The summed E-state index contributed by atoms with van der Waals surface area (Å²) in [5.41, 5.74) is 8.71. The normalized spacial score (nSPS) is 20.4. The summed E-state index contributed by atoms with van der Waals surface area (Å²) in [5, 5.41) is 7.17. The molecule has 1 aromatic heterocycles. The molecule has 1 amide bonds. The van der Waals surface area contributed by atoms with E-state index < -0.39 is 0 Å². The highest BCUT2D eigenvalue weighted by molar-refractivity contribution is 5.85. The average Bonchev–Trinajstić information content (AvgIpc) is 2.68. The lowest BCUT2D eigenvalue weighted by molar-refractivity contribution is -0.140. The second-order valence-corrected chi connectivity index (χ2v) is 5.21. The lowest BCUT2D eigenvalue weighted by Crippen LogP contribution is -2.45. The molecule has 0 aromatic carbocycles. The van der Waals surface area contributed by atoms with E-state index in [-0.39, 0.29) is 30.4 Å². The Balaban J connectivity index is 0.00000200. The van der Waals surface area contributed by atoms with E-state index in [9.17, 15) is 4.79 Å². The number of H-pyrrole nitrogens is 1. The van der Waals surface area contributed by atoms with Gasteiger partial charge in [-0.3, -0.25) is 9.89 Å². The molecule has 3 N–H and O–H groups in total. The molecule has 0 bridgehead atoms. The van der Waals surface area contributed by atoms with Gasteiger partial charge in [-0.05, 0) is 20.8 Å². The number of ether oxygens (including phenoxy) is 1. The molecule has 0 spiro atoms. The maximum Gasteiger partial charge on any atom is 0.224 e. The van der Waals surface area contributed by atoms with Crippen LogP contribution in [0.4, 0.5) is 0 Å². The van der Waals surface area contributed by atoms with Crippen LogP contribution in [0, 0.1) is 13.8 Å². The maximum absolute atomic E-state index is 12.3. The molecule has 20 heavy (non-hydrogen) atoms. The zero-order chi connectivity index (χ0) is 14.0. The Labute approximate surface area is 125 Å². The molecule has 0 saturated carbocycles. The molecule has 0 aliphatic carbocycles. The summed E-state index contributed by atoms with van der Waals surface area (Å²) in [5.74, 6) is 0.0864. The van der Waals surface area contributed by atoms with Gasteiger partial charge in [-0.25, -0.2) is 0 Å². The summed E-state index contributed by atoms with van der Waals surface area (Å²) in [6.07, 6.45) is 0.368. The van der Waals surface area contributed by atoms with Crippen molar-refractivity contribution in [3.05, 3.63) is 17.0 Å². The first kappa shape index (κ1) is 16.9. The lowest BCUT2D eigenvalue weighted by atomic mass is 10.0. The molecule has 1 aliphatic rings. The zero-order valence-corrected chi connectivity index (χ0v) is 13.0. The fraction of sp³-hybridized carbons (Fsp3) is 0.692. The van der Waals surface area contributed by atoms with Crippen molar-refractivity contribution in [2.24, 2.45) is 5.73 Å². The number of hydrogen-bond donors (Lipinski definition) is 2. The second kappa shape index (κ2) is 7.06. The zero-order valence-electron chi connectivity index (χ0n) is 12.2. The third kappa shape index (κ3) is 3.50. The van der Waals surface area contributed by atoms with Crippen LogP contribution in [0.25, 0.3) is 0 Å². The van der Waals surface area contributed by atoms with Crippen LogP contribution >= 0.6 is 12.4 Å². The second-order valence-electron chi connectivity index (χ2n) is 5.21. The van der Waals surface area contributed by atoms with Crippen molar-refractivity contribution < 1.29 is 9.53 Å². The fourth-order valence-corrected chi connectivity index (χ4v) is 2.58. The Hall–Kier alpha value is -1.11. The molecular formula is C13H23ClN4O2. The Morgan fingerprint density at radius 2 is 2.30 bits per heavy atom. The van der Waals surface area contributed by atoms with Crippen LogP contribution in [0.5, 0.6) is 0 Å². The highest BCUT2D eigenvalue weighted by Crippen LogP contribution is 2.28. The molecule has 1 aromatic rings. The number of hydrogen-bond acceptors (Lipinski definition) is 4. The van der Waals surface area contributed by atoms with E-state index in [1.807, 2.05) is 25.7 Å². The van der Waals surface area contributed by atoms with Crippen LogP contribution in [0.2, 0.25) is 0 Å². The third-order valence-electron chi connectivity index (χ3n) is 3.46. The summed E-state index contributed by atoms with van der Waals surface area (Å²) in [4.78, 5) is 14.2. The highest BCUT2D eigenvalue weighted by Gasteiger charge is 2.31. The summed E-state index contributed by atoms with van der Waals surface area (Å²) in [7, 11) is 0. The molecule has 2 atom stereocenters. The third-order valence-corrected chi connectivity index (χ3v) is 3.46. The number of carbonyl (C=O) groups is 1. The van der Waals surface area contributed by atoms with E-state index in [4.69, 9.17) is 10.5 Å². The minimum atomic E-state index is -0.123. The predicted octanol–water partition coefficient (Wildman–Crippen LogP) is 1.09. The van der Waals surface area contributed by atoms with E-state index >= 15 is 0 Å². The van der Waals surface area contributed by atoms with Gasteiger partial charge in [-0.2, -0.15) is 5.10 Å². The molecule has 1 fully saturated rings. The van der Waals surface area contributed by atoms with Crippen LogP contribution in [-0.2, 0) is 9.53 Å². The number of amides is 1. The highest BCUT2D eigenvalue weighted by atomic mass is 35.5. The van der Waals surface area contributed by atoms with E-state index in [0.29, 0.717) is 26.2 Å². The molecule has 1 aliphatic heterocycles. The number of aromatic amines is 1. The van der Waals surface area contributed by atoms with Gasteiger partial charge in [-0.1, -0.05) is 0 Å². The average molecular weight is 303 g/mol. The van der Waals surface area contributed by atoms with Gasteiger partial charge in [0.1, 0.15) is 0 Å². The number of carbonyl (C=O) groups excluding carboxylic acids is 1. The Morgan fingerprint density at radius 3 is 2.85 bits per heavy atom. The van der Waals surface area contributed by atoms with Crippen molar-refractivity contribution in [3.8, 4) is 0 Å². The minimum absolute atomic E-state index is 0. The first-order valence-corrected chi connectivity index (χ1v) is 6.65. The number of aromatic nitrogens is 2. The molecule has 0 radical (unpaired) electrons. The van der Waals surface area contributed by atoms with Crippen molar-refractivity contribution in [2.45, 2.75) is 39.3 Å². The van der Waals surface area contributed by atoms with Crippen LogP contribution < -0.4 is 5.73 Å². The monoisotopic (exact) mass is 302 g/mol. The van der Waals surface area contributed by atoms with E-state index in [1.165, 1.54) is 0 Å². The topological polar surface area (TPSA) is 84.2 Å². The Kier molecular flexibility index (Phi) is 5.98. The smallest absolute Gasteiger partial charge is 0.224 e. The molecule has 2 unspecified atom stereocenters. The standard InChI is InChI=1S/C13H22N4O2.ClH/c1-8(14)6-12(18)17-4-5-19-7-11(17)13-9(2)15-16-10(13)3;/h8,11H,4-7,14H2,1-3H3,(H,15,16);1H. The number of morpholine rings is 1. The van der Waals surface area contributed by atoms with Crippen LogP contribution in [0.1, 0.15) is 36.3 Å². The largest absolute Gasteiger partial charge is 0.377 e. The predicted molar refractivity (Wildman–Crippen MR) is 78.8 cm³/mol. The number of nitrogens with two attached hydrogens (primary N) is 1. The van der Waals surface area contributed by atoms with E-state index in [0.717, 1.165) is 17.0 Å². The molecule has 6 nitrogen and oxygen atoms in total. The van der Waals surface area contributed by atoms with Gasteiger partial charge in [0.05, 0.1) is 24.9 Å². The molecular weight excluding hydrogens is 280 g/mol. The van der Waals surface area contributed by atoms with Crippen molar-refractivity contribution in [1.82, 2.24) is 15.1 Å². The molecule has 2 rings (SSSR count). The van der Waals surface area contributed by atoms with Gasteiger partial charge >= 0.3 is 0 Å². The lowest BCUT2D eigenvalue weighted by Gasteiger charge is -2.36. The quantitative estimate of drug-likeness (QED) is 0.875. The van der Waals surface area contributed by atoms with Gasteiger partial charge < -0.3 is 15.4 Å². The van der Waals surface area contributed by atoms with Gasteiger partial charge in [0.15, 0.2) is 0 Å². The van der Waals surface area contributed by atoms with Gasteiger partial charge in [0, 0.05) is 30.3 Å². The maximum atomic E-state index is 12.3. The van der Waals surface area contributed by atoms with Crippen molar-refractivity contribution in [1.29, 1.82) is 0 Å². The fourth-order valence-electron chi connectivity index (χ4n) is 2.58. The SMILES string of the molecule is Cc1n[nH]c(C)c1C1COCCN1C(=O)CC(C)N.Cl. The van der Waals surface area contributed by atoms with Gasteiger partial charge in [0.25, 0.3) is 0 Å². The van der Waals surface area contributed by atoms with Crippen LogP contribution in [0.15, 0.2) is 0 Å². The van der Waals surface area contributed by atoms with Crippen molar-refractivity contribution >= 4 is 18.3 Å². The minimum Gasteiger partial charge on any atom is -0.377 e. The number of halogens is 1. The summed E-state index contributed by atoms with van der Waals surface area (Å²) in [6.45, 7) is 7.48. The van der Waals surface area contributed by atoms with Crippen molar-refractivity contribution in [2.75, 3.05) is 19.8 Å². The number of aryl methyl sites for hydroxylation is 2. The summed E-state index contributed by atoms with van der Waals surface area (Å²) >= 11 is 0. The van der Waals surface area contributed by atoms with Gasteiger partial charge in [0.2, 0.25) is 5.91 Å². The molecule has 114 valence electrons. The van der Waals surface area contributed by atoms with Crippen LogP contribution in [0.3, 0.4) is 0 Å². The first-order valence-electron chi connectivity index (χ1n) is 6.65. The Morgan fingerprint density at radius 1 is 1.60 bits per heavy atom. The molecule has 1 saturated heterocycles. The molecule has 7 heteroatoms. The van der Waals surface area contributed by atoms with Crippen LogP contribution in [-0.4, -0.2) is 46.8 Å². The van der Waals surface area contributed by atoms with E-state index in [2.05, 4.69) is 10.2 Å². The van der Waals surface area contributed by atoms with Crippen molar-refractivity contribution in [3.63, 3.8) is 0 Å². The number of rotatable bonds is 3. The summed E-state index contributed by atoms with van der Waals surface area (Å²) < 4.78 is 5.53. The van der Waals surface area contributed by atoms with E-state index in [1.54, 1.807) is 0 Å². The number of nitrogens with one attached hydrogen (secondary N) is 1.